The third-order valence-corrected chi connectivity index (χ3v) is 3.51. The maximum absolute atomic E-state index is 12.3. The quantitative estimate of drug-likeness (QED) is 0.385. The third-order valence-electron chi connectivity index (χ3n) is 3.51. The Hall–Kier alpha value is -3.20. The van der Waals surface area contributed by atoms with E-state index >= 15 is 0 Å². The van der Waals surface area contributed by atoms with E-state index in [1.807, 2.05) is 0 Å². The van der Waals surface area contributed by atoms with E-state index in [2.05, 4.69) is 10.3 Å². The molecule has 0 aliphatic rings. The van der Waals surface area contributed by atoms with Crippen LogP contribution in [-0.4, -0.2) is 42.7 Å². The molecular formula is C18H21N3O6. The smallest absolute Gasteiger partial charge is 0.311 e. The van der Waals surface area contributed by atoms with Crippen molar-refractivity contribution in [1.29, 1.82) is 0 Å². The minimum atomic E-state index is -0.575. The number of hydrogen-bond donors (Lipinski definition) is 1. The molecule has 2 aromatic rings. The molecule has 1 aromatic heterocycles. The highest BCUT2D eigenvalue weighted by atomic mass is 16.6. The van der Waals surface area contributed by atoms with E-state index in [-0.39, 0.29) is 23.5 Å². The van der Waals surface area contributed by atoms with Crippen LogP contribution in [0.15, 0.2) is 36.5 Å². The molecule has 9 heteroatoms. The van der Waals surface area contributed by atoms with Crippen LogP contribution >= 0.6 is 0 Å². The maximum atomic E-state index is 12.3. The third kappa shape index (κ3) is 5.93. The van der Waals surface area contributed by atoms with Gasteiger partial charge < -0.3 is 19.5 Å². The molecule has 0 radical (unpaired) electrons. The molecule has 1 heterocycles. The van der Waals surface area contributed by atoms with Crippen molar-refractivity contribution < 1.29 is 23.9 Å². The average Bonchev–Trinajstić information content (AvgIpc) is 2.67. The molecule has 0 bridgehead atoms. The Morgan fingerprint density at radius 3 is 2.67 bits per heavy atom. The number of nitrogens with zero attached hydrogens (tertiary/aromatic N) is 2. The highest BCUT2D eigenvalue weighted by molar-refractivity contribution is 5.95. The van der Waals surface area contributed by atoms with Crippen molar-refractivity contribution in [2.45, 2.75) is 13.5 Å². The molecule has 0 unspecified atom stereocenters. The predicted molar refractivity (Wildman–Crippen MR) is 97.0 cm³/mol. The van der Waals surface area contributed by atoms with Gasteiger partial charge in [0, 0.05) is 37.5 Å². The van der Waals surface area contributed by atoms with Crippen molar-refractivity contribution >= 4 is 11.6 Å². The molecule has 0 saturated heterocycles. The summed E-state index contributed by atoms with van der Waals surface area (Å²) in [5.74, 6) is 0.165. The minimum Gasteiger partial charge on any atom is -0.487 e. The molecule has 27 heavy (non-hydrogen) atoms. The fraction of sp³-hybridized carbons (Fsp3) is 0.333. The van der Waals surface area contributed by atoms with E-state index < -0.39 is 10.8 Å². The average molecular weight is 375 g/mol. The zero-order valence-electron chi connectivity index (χ0n) is 15.1. The van der Waals surface area contributed by atoms with Gasteiger partial charge in [0.05, 0.1) is 18.1 Å². The number of methoxy groups -OCH3 is 1. The molecule has 0 aliphatic carbocycles. The standard InChI is InChI=1S/C18H21N3O6/c1-3-26-16-6-5-14(10-15(16)21(23)24)18(22)20-12-13-4-7-17(19-11-13)27-9-8-25-2/h4-7,10-11H,3,8-9,12H2,1-2H3,(H,20,22). The Kier molecular flexibility index (Phi) is 7.50. The normalized spacial score (nSPS) is 10.3. The first kappa shape index (κ1) is 20.1. The number of rotatable bonds is 10. The van der Waals surface area contributed by atoms with E-state index in [0.717, 1.165) is 5.56 Å². The lowest BCUT2D eigenvalue weighted by atomic mass is 10.1. The number of hydrogen-bond acceptors (Lipinski definition) is 7. The minimum absolute atomic E-state index is 0.132. The first-order valence-electron chi connectivity index (χ1n) is 8.31. The van der Waals surface area contributed by atoms with Gasteiger partial charge in [-0.05, 0) is 24.6 Å². The van der Waals surface area contributed by atoms with Crippen LogP contribution in [0, 0.1) is 10.1 Å². The predicted octanol–water partition coefficient (Wildman–Crippen LogP) is 2.34. The zero-order chi connectivity index (χ0) is 19.6. The number of nitro benzene ring substituents is 1. The van der Waals surface area contributed by atoms with Crippen LogP contribution in [0.1, 0.15) is 22.8 Å². The Balaban J connectivity index is 1.97. The van der Waals surface area contributed by atoms with Crippen LogP contribution in [0.2, 0.25) is 0 Å². The van der Waals surface area contributed by atoms with Crippen LogP contribution in [0.5, 0.6) is 11.6 Å². The summed E-state index contributed by atoms with van der Waals surface area (Å²) in [7, 11) is 1.58. The number of pyridine rings is 1. The van der Waals surface area contributed by atoms with Gasteiger partial charge in [-0.2, -0.15) is 0 Å². The fourth-order valence-corrected chi connectivity index (χ4v) is 2.19. The van der Waals surface area contributed by atoms with Gasteiger partial charge in [0.25, 0.3) is 5.91 Å². The van der Waals surface area contributed by atoms with Gasteiger partial charge in [-0.25, -0.2) is 4.98 Å². The number of aromatic nitrogens is 1. The van der Waals surface area contributed by atoms with Crippen LogP contribution < -0.4 is 14.8 Å². The van der Waals surface area contributed by atoms with E-state index in [4.69, 9.17) is 14.2 Å². The number of carbonyl (C=O) groups is 1. The lowest BCUT2D eigenvalue weighted by molar-refractivity contribution is -0.385. The number of amides is 1. The molecule has 0 fully saturated rings. The molecule has 0 spiro atoms. The maximum Gasteiger partial charge on any atom is 0.311 e. The molecule has 0 aliphatic heterocycles. The van der Waals surface area contributed by atoms with Crippen molar-refractivity contribution in [3.63, 3.8) is 0 Å². The largest absolute Gasteiger partial charge is 0.487 e. The summed E-state index contributed by atoms with van der Waals surface area (Å²) in [5.41, 5.74) is 0.698. The second kappa shape index (κ2) is 10.1. The van der Waals surface area contributed by atoms with Gasteiger partial charge in [0.15, 0.2) is 5.75 Å². The van der Waals surface area contributed by atoms with Gasteiger partial charge in [-0.1, -0.05) is 6.07 Å². The molecular weight excluding hydrogens is 354 g/mol. The summed E-state index contributed by atoms with van der Waals surface area (Å²) >= 11 is 0. The van der Waals surface area contributed by atoms with Crippen LogP contribution in [0.4, 0.5) is 5.69 Å². The Bertz CT molecular complexity index is 779. The summed E-state index contributed by atoms with van der Waals surface area (Å²) in [6.07, 6.45) is 1.59. The van der Waals surface area contributed by atoms with Crippen molar-refractivity contribution in [3.8, 4) is 11.6 Å². The van der Waals surface area contributed by atoms with Gasteiger partial charge in [0.1, 0.15) is 6.61 Å². The molecule has 0 atom stereocenters. The molecule has 2 rings (SSSR count). The highest BCUT2D eigenvalue weighted by Crippen LogP contribution is 2.28. The van der Waals surface area contributed by atoms with E-state index in [1.54, 1.807) is 32.4 Å². The summed E-state index contributed by atoms with van der Waals surface area (Å²) in [6, 6.07) is 7.57. The second-order valence-electron chi connectivity index (χ2n) is 5.40. The molecule has 9 nitrogen and oxygen atoms in total. The Morgan fingerprint density at radius 2 is 2.04 bits per heavy atom. The Labute approximate surface area is 156 Å². The lowest BCUT2D eigenvalue weighted by Gasteiger charge is -2.08. The number of nitro groups is 1. The first-order chi connectivity index (χ1) is 13.0. The zero-order valence-corrected chi connectivity index (χ0v) is 15.1. The molecule has 1 amide bonds. The van der Waals surface area contributed by atoms with Crippen molar-refractivity contribution in [2.24, 2.45) is 0 Å². The summed E-state index contributed by atoms with van der Waals surface area (Å²) in [4.78, 5) is 27.0. The van der Waals surface area contributed by atoms with Crippen LogP contribution in [0.25, 0.3) is 0 Å². The topological polar surface area (TPSA) is 113 Å². The molecule has 0 saturated carbocycles. The van der Waals surface area contributed by atoms with Crippen molar-refractivity contribution in [2.75, 3.05) is 26.9 Å². The first-order valence-corrected chi connectivity index (χ1v) is 8.31. The lowest BCUT2D eigenvalue weighted by Crippen LogP contribution is -2.23. The van der Waals surface area contributed by atoms with Gasteiger partial charge in [-0.15, -0.1) is 0 Å². The van der Waals surface area contributed by atoms with Gasteiger partial charge in [0.2, 0.25) is 5.88 Å². The number of benzene rings is 1. The van der Waals surface area contributed by atoms with Gasteiger partial charge >= 0.3 is 5.69 Å². The molecule has 1 N–H and O–H groups in total. The number of carbonyl (C=O) groups excluding carboxylic acids is 1. The van der Waals surface area contributed by atoms with Crippen molar-refractivity contribution in [3.05, 3.63) is 57.8 Å². The highest BCUT2D eigenvalue weighted by Gasteiger charge is 2.18. The monoisotopic (exact) mass is 375 g/mol. The summed E-state index contributed by atoms with van der Waals surface area (Å²) < 4.78 is 15.5. The van der Waals surface area contributed by atoms with Crippen LogP contribution in [0.3, 0.4) is 0 Å². The van der Waals surface area contributed by atoms with Crippen molar-refractivity contribution in [1.82, 2.24) is 10.3 Å². The summed E-state index contributed by atoms with van der Waals surface area (Å²) in [5, 5.41) is 13.8. The second-order valence-corrected chi connectivity index (χ2v) is 5.40. The number of nitrogens with one attached hydrogen (secondary N) is 1. The van der Waals surface area contributed by atoms with E-state index in [1.165, 1.54) is 18.2 Å². The number of ether oxygens (including phenoxy) is 3. The summed E-state index contributed by atoms with van der Waals surface area (Å²) in [6.45, 7) is 3.12. The Morgan fingerprint density at radius 1 is 1.22 bits per heavy atom. The SMILES string of the molecule is CCOc1ccc(C(=O)NCc2ccc(OCCOC)nc2)cc1[N+](=O)[O-]. The van der Waals surface area contributed by atoms with Crippen LogP contribution in [-0.2, 0) is 11.3 Å². The van der Waals surface area contributed by atoms with E-state index in [9.17, 15) is 14.9 Å². The molecule has 1 aromatic carbocycles. The molecule has 144 valence electrons. The van der Waals surface area contributed by atoms with Gasteiger partial charge in [-0.3, -0.25) is 14.9 Å². The van der Waals surface area contributed by atoms with E-state index in [0.29, 0.717) is 25.7 Å². The fourth-order valence-electron chi connectivity index (χ4n) is 2.19.